The third-order valence-corrected chi connectivity index (χ3v) is 3.97. The van der Waals surface area contributed by atoms with Crippen molar-refractivity contribution in [3.63, 3.8) is 0 Å². The highest BCUT2D eigenvalue weighted by atomic mass is 19.1. The molecule has 21 heavy (non-hydrogen) atoms. The fourth-order valence-electron chi connectivity index (χ4n) is 2.42. The molecule has 0 radical (unpaired) electrons. The van der Waals surface area contributed by atoms with Crippen LogP contribution >= 0.6 is 0 Å². The molecule has 0 N–H and O–H groups in total. The molecular formula is C19H20FN. The maximum atomic E-state index is 14.1. The molecule has 2 heteroatoms. The van der Waals surface area contributed by atoms with Crippen molar-refractivity contribution in [2.24, 2.45) is 0 Å². The molecule has 1 heterocycles. The Morgan fingerprint density at radius 2 is 1.71 bits per heavy atom. The molecule has 0 unspecified atom stereocenters. The van der Waals surface area contributed by atoms with Crippen LogP contribution in [0.25, 0.3) is 16.7 Å². The predicted octanol–water partition coefficient (Wildman–Crippen LogP) is 5.57. The van der Waals surface area contributed by atoms with Gasteiger partial charge in [-0.25, -0.2) is 4.39 Å². The highest BCUT2D eigenvalue weighted by Crippen LogP contribution is 2.32. The maximum absolute atomic E-state index is 14.1. The molecule has 0 aliphatic heterocycles. The van der Waals surface area contributed by atoms with Gasteiger partial charge in [0, 0.05) is 12.4 Å². The summed E-state index contributed by atoms with van der Waals surface area (Å²) in [5.41, 5.74) is 7.05. The van der Waals surface area contributed by atoms with Crippen LogP contribution in [0.2, 0.25) is 0 Å². The smallest absolute Gasteiger partial charge is 0.124 e. The monoisotopic (exact) mass is 281 g/mol. The Morgan fingerprint density at radius 3 is 2.29 bits per heavy atom. The minimum Gasteiger partial charge on any atom is -0.265 e. The zero-order chi connectivity index (χ0) is 15.6. The average Bonchev–Trinajstić information content (AvgIpc) is 2.48. The second kappa shape index (κ2) is 6.04. The molecule has 0 spiro atoms. The standard InChI is InChI=1S/C19H20FN/c1-12(2)13(3)14(4)18-10-17(20)11-19(15(18)5)16-6-8-21-9-7-16/h6-11H,1H2,2-5H3/b14-13+. The summed E-state index contributed by atoms with van der Waals surface area (Å²) in [4.78, 5) is 4.02. The van der Waals surface area contributed by atoms with Crippen molar-refractivity contribution >= 4 is 5.57 Å². The molecule has 0 saturated carbocycles. The van der Waals surface area contributed by atoms with Crippen LogP contribution in [0.5, 0.6) is 0 Å². The van der Waals surface area contributed by atoms with Gasteiger partial charge >= 0.3 is 0 Å². The van der Waals surface area contributed by atoms with E-state index in [0.717, 1.165) is 39.0 Å². The molecule has 2 aromatic rings. The summed E-state index contributed by atoms with van der Waals surface area (Å²) in [6.07, 6.45) is 3.45. The fraction of sp³-hybridized carbons (Fsp3) is 0.211. The summed E-state index contributed by atoms with van der Waals surface area (Å²) in [7, 11) is 0. The van der Waals surface area contributed by atoms with Crippen molar-refractivity contribution in [2.45, 2.75) is 27.7 Å². The normalized spacial score (nSPS) is 12.0. The summed E-state index contributed by atoms with van der Waals surface area (Å²) in [6, 6.07) is 6.98. The van der Waals surface area contributed by atoms with Crippen LogP contribution in [0.4, 0.5) is 4.39 Å². The first-order valence-corrected chi connectivity index (χ1v) is 6.96. The lowest BCUT2D eigenvalue weighted by molar-refractivity contribution is 0.627. The van der Waals surface area contributed by atoms with E-state index in [-0.39, 0.29) is 5.82 Å². The third-order valence-electron chi connectivity index (χ3n) is 3.97. The number of pyridine rings is 1. The molecule has 0 saturated heterocycles. The Labute approximate surface area is 125 Å². The quantitative estimate of drug-likeness (QED) is 0.671. The molecule has 1 aromatic heterocycles. The number of rotatable bonds is 3. The van der Waals surface area contributed by atoms with Crippen molar-refractivity contribution in [1.82, 2.24) is 4.98 Å². The molecule has 1 aromatic carbocycles. The average molecular weight is 281 g/mol. The maximum Gasteiger partial charge on any atom is 0.124 e. The summed E-state index contributed by atoms with van der Waals surface area (Å²) in [5.74, 6) is -0.226. The largest absolute Gasteiger partial charge is 0.265 e. The van der Waals surface area contributed by atoms with Crippen LogP contribution in [0.1, 0.15) is 31.9 Å². The highest BCUT2D eigenvalue weighted by molar-refractivity contribution is 5.78. The first-order valence-electron chi connectivity index (χ1n) is 6.96. The molecule has 1 nitrogen and oxygen atoms in total. The van der Waals surface area contributed by atoms with Gasteiger partial charge in [-0.1, -0.05) is 12.2 Å². The number of nitrogens with zero attached hydrogens (tertiary/aromatic N) is 1. The topological polar surface area (TPSA) is 12.9 Å². The first-order chi connectivity index (χ1) is 9.91. The Balaban J connectivity index is 2.69. The highest BCUT2D eigenvalue weighted by Gasteiger charge is 2.12. The van der Waals surface area contributed by atoms with Crippen LogP contribution in [-0.2, 0) is 0 Å². The van der Waals surface area contributed by atoms with E-state index in [0.29, 0.717) is 0 Å². The summed E-state index contributed by atoms with van der Waals surface area (Å²) < 4.78 is 14.1. The van der Waals surface area contributed by atoms with Gasteiger partial charge in [-0.05, 0) is 85.4 Å². The molecule has 0 fully saturated rings. The minimum absolute atomic E-state index is 0.226. The molecule has 0 aliphatic rings. The van der Waals surface area contributed by atoms with Gasteiger partial charge in [0.05, 0.1) is 0 Å². The molecule has 0 atom stereocenters. The molecule has 2 rings (SSSR count). The molecule has 0 bridgehead atoms. The van der Waals surface area contributed by atoms with Gasteiger partial charge in [-0.3, -0.25) is 4.98 Å². The lowest BCUT2D eigenvalue weighted by Crippen LogP contribution is -1.95. The molecular weight excluding hydrogens is 261 g/mol. The third kappa shape index (κ3) is 3.10. The van der Waals surface area contributed by atoms with E-state index in [4.69, 9.17) is 0 Å². The number of allylic oxidation sites excluding steroid dienone is 3. The van der Waals surface area contributed by atoms with Crippen molar-refractivity contribution in [2.75, 3.05) is 0 Å². The molecule has 108 valence electrons. The lowest BCUT2D eigenvalue weighted by Gasteiger charge is -2.15. The SMILES string of the molecule is C=C(C)/C(C)=C(\C)c1cc(F)cc(-c2ccncc2)c1C. The lowest BCUT2D eigenvalue weighted by atomic mass is 9.90. The van der Waals surface area contributed by atoms with E-state index >= 15 is 0 Å². The second-order valence-corrected chi connectivity index (χ2v) is 5.39. The van der Waals surface area contributed by atoms with E-state index in [1.807, 2.05) is 39.8 Å². The Morgan fingerprint density at radius 1 is 1.10 bits per heavy atom. The van der Waals surface area contributed by atoms with Gasteiger partial charge in [0.25, 0.3) is 0 Å². The van der Waals surface area contributed by atoms with Crippen LogP contribution in [0, 0.1) is 12.7 Å². The van der Waals surface area contributed by atoms with Crippen LogP contribution < -0.4 is 0 Å². The van der Waals surface area contributed by atoms with E-state index < -0.39 is 0 Å². The number of hydrogen-bond donors (Lipinski definition) is 0. The van der Waals surface area contributed by atoms with E-state index in [1.165, 1.54) is 0 Å². The Bertz CT molecular complexity index is 712. The van der Waals surface area contributed by atoms with Gasteiger partial charge in [0.1, 0.15) is 5.82 Å². The van der Waals surface area contributed by atoms with Gasteiger partial charge in [-0.15, -0.1) is 0 Å². The van der Waals surface area contributed by atoms with E-state index in [2.05, 4.69) is 11.6 Å². The van der Waals surface area contributed by atoms with Crippen LogP contribution in [0.3, 0.4) is 0 Å². The van der Waals surface area contributed by atoms with Crippen molar-refractivity contribution < 1.29 is 4.39 Å². The second-order valence-electron chi connectivity index (χ2n) is 5.39. The van der Waals surface area contributed by atoms with Gasteiger partial charge < -0.3 is 0 Å². The Kier molecular flexibility index (Phi) is 4.37. The van der Waals surface area contributed by atoms with Gasteiger partial charge in [-0.2, -0.15) is 0 Å². The Hall–Kier alpha value is -2.22. The predicted molar refractivity (Wildman–Crippen MR) is 87.5 cm³/mol. The van der Waals surface area contributed by atoms with E-state index in [9.17, 15) is 4.39 Å². The number of benzene rings is 1. The summed E-state index contributed by atoms with van der Waals surface area (Å²) in [6.45, 7) is 12.0. The number of hydrogen-bond acceptors (Lipinski definition) is 1. The van der Waals surface area contributed by atoms with Gasteiger partial charge in [0.2, 0.25) is 0 Å². The summed E-state index contributed by atoms with van der Waals surface area (Å²) >= 11 is 0. The number of aromatic nitrogens is 1. The van der Waals surface area contributed by atoms with Crippen molar-refractivity contribution in [1.29, 1.82) is 0 Å². The van der Waals surface area contributed by atoms with Gasteiger partial charge in [0.15, 0.2) is 0 Å². The first kappa shape index (κ1) is 15.2. The number of halogens is 1. The van der Waals surface area contributed by atoms with Crippen LogP contribution in [-0.4, -0.2) is 4.98 Å². The fourth-order valence-corrected chi connectivity index (χ4v) is 2.42. The van der Waals surface area contributed by atoms with Crippen LogP contribution in [0.15, 0.2) is 54.4 Å². The molecule has 0 aliphatic carbocycles. The van der Waals surface area contributed by atoms with Crippen molar-refractivity contribution in [3.05, 3.63) is 71.3 Å². The zero-order valence-corrected chi connectivity index (χ0v) is 13.0. The zero-order valence-electron chi connectivity index (χ0n) is 13.0. The van der Waals surface area contributed by atoms with Crippen molar-refractivity contribution in [3.8, 4) is 11.1 Å². The minimum atomic E-state index is -0.226. The summed E-state index contributed by atoms with van der Waals surface area (Å²) in [5, 5.41) is 0. The molecule has 0 amide bonds. The van der Waals surface area contributed by atoms with E-state index in [1.54, 1.807) is 24.5 Å².